The maximum absolute atomic E-state index is 12.0. The van der Waals surface area contributed by atoms with Crippen LogP contribution >= 0.6 is 0 Å². The lowest BCUT2D eigenvalue weighted by Gasteiger charge is -2.47. The molecule has 5 unspecified atom stereocenters. The van der Waals surface area contributed by atoms with E-state index in [9.17, 15) is 5.11 Å². The number of aliphatic hydroxyl groups excluding tert-OH is 1. The summed E-state index contributed by atoms with van der Waals surface area (Å²) in [5.74, 6) is -0.137. The second-order valence-electron chi connectivity index (χ2n) is 22.3. The third-order valence-corrected chi connectivity index (χ3v) is 21.5. The van der Waals surface area contributed by atoms with Gasteiger partial charge in [-0.2, -0.15) is 0 Å². The summed E-state index contributed by atoms with van der Waals surface area (Å²) in [6, 6.07) is 0. The van der Waals surface area contributed by atoms with Crippen LogP contribution in [0.1, 0.15) is 125 Å². The highest BCUT2D eigenvalue weighted by Crippen LogP contribution is 2.59. The van der Waals surface area contributed by atoms with E-state index in [1.807, 2.05) is 0 Å². The van der Waals surface area contributed by atoms with E-state index in [1.165, 1.54) is 5.57 Å². The van der Waals surface area contributed by atoms with E-state index in [1.54, 1.807) is 0 Å². The minimum absolute atomic E-state index is 0.00872. The van der Waals surface area contributed by atoms with Gasteiger partial charge in [-0.05, 0) is 112 Å². The van der Waals surface area contributed by atoms with Crippen LogP contribution in [0.3, 0.4) is 0 Å². The Morgan fingerprint density at radius 2 is 1.54 bits per heavy atom. The largest absolute Gasteiger partial charge is 0.413 e. The average Bonchev–Trinajstić information content (AvgIpc) is 3.79. The minimum atomic E-state index is -2.06. The maximum atomic E-state index is 12.0. The van der Waals surface area contributed by atoms with Crippen LogP contribution in [0, 0.1) is 17.8 Å². The van der Waals surface area contributed by atoms with Gasteiger partial charge in [0.2, 0.25) is 0 Å². The van der Waals surface area contributed by atoms with E-state index in [0.717, 1.165) is 63.4 Å². The normalized spacial score (nSPS) is 50.7. The Labute approximate surface area is 355 Å². The summed E-state index contributed by atoms with van der Waals surface area (Å²) in [7, 11) is -2.06. The summed E-state index contributed by atoms with van der Waals surface area (Å²) < 4.78 is 62.5. The van der Waals surface area contributed by atoms with Crippen molar-refractivity contribution < 1.29 is 47.4 Å². The number of nitrogens with two attached hydrogens (primary N) is 1. The molecule has 10 aliphatic rings. The molecule has 0 aliphatic carbocycles. The summed E-state index contributed by atoms with van der Waals surface area (Å²) in [6.07, 6.45) is 7.90. The van der Waals surface area contributed by atoms with E-state index in [4.69, 9.17) is 48.1 Å². The van der Waals surface area contributed by atoms with Crippen molar-refractivity contribution in [2.75, 3.05) is 6.54 Å². The predicted octanol–water partition coefficient (Wildman–Crippen LogP) is 7.27. The second kappa shape index (κ2) is 16.0. The monoisotopic (exact) mass is 844 g/mol. The zero-order chi connectivity index (χ0) is 41.8. The Hall–Kier alpha value is -0.743. The standard InChI is InChI=1S/C47H77NO10Si/c1-25-17-30-11-13-35-26(2)18-32(50-35)15-16-47-24-46(8)44(57-47)43-42(55-46)41(56-47)40-36(54-43)14-12-31(52-40)19-29(49)20-34-28(4)37(53-39(34)22-38(51-30)27(25)3)21-33(23-48)58-59(9,10)45(5,6)7/h25,28-44,49H,2-3,11-24,48H2,1,4-10H3/t25-,28-,29?,30+,31-,32+,33+,34?,35?,36+,37?,38?,39+,40+,41+,42+,43-,44-,46+,47-/m1/s1. The topological polar surface area (TPSA) is 129 Å². The molecule has 0 aromatic carbocycles. The summed E-state index contributed by atoms with van der Waals surface area (Å²) >= 11 is 0. The number of hydrogen-bond acceptors (Lipinski definition) is 11. The molecule has 10 saturated heterocycles. The molecule has 10 rings (SSSR count). The molecule has 10 heterocycles. The number of ether oxygens (including phenoxy) is 8. The Balaban J connectivity index is 0.978. The molecule has 3 N–H and O–H groups in total. The number of hydrogen-bond donors (Lipinski definition) is 2. The van der Waals surface area contributed by atoms with Gasteiger partial charge >= 0.3 is 0 Å². The van der Waals surface area contributed by atoms with Crippen LogP contribution in [0.2, 0.25) is 18.1 Å². The average molecular weight is 844 g/mol. The Morgan fingerprint density at radius 3 is 2.31 bits per heavy atom. The first kappa shape index (κ1) is 43.5. The van der Waals surface area contributed by atoms with Crippen LogP contribution in [-0.2, 0) is 42.3 Å². The summed E-state index contributed by atoms with van der Waals surface area (Å²) in [5, 5.41) is 12.1. The van der Waals surface area contributed by atoms with Crippen molar-refractivity contribution in [2.24, 2.45) is 23.5 Å². The molecular formula is C47H77NO10Si. The zero-order valence-corrected chi connectivity index (χ0v) is 38.4. The van der Waals surface area contributed by atoms with Gasteiger partial charge in [-0.25, -0.2) is 0 Å². The lowest BCUT2D eigenvalue weighted by atomic mass is 9.78. The van der Waals surface area contributed by atoms with Gasteiger partial charge in [-0.1, -0.05) is 47.8 Å². The fourth-order valence-corrected chi connectivity index (χ4v) is 13.9. The van der Waals surface area contributed by atoms with E-state index in [0.29, 0.717) is 38.1 Å². The summed E-state index contributed by atoms with van der Waals surface area (Å²) in [4.78, 5) is 0. The van der Waals surface area contributed by atoms with Crippen molar-refractivity contribution in [1.82, 2.24) is 0 Å². The Bertz CT molecular complexity index is 1570. The van der Waals surface area contributed by atoms with Crippen molar-refractivity contribution in [3.8, 4) is 0 Å². The van der Waals surface area contributed by atoms with Crippen molar-refractivity contribution in [1.29, 1.82) is 0 Å². The molecule has 12 bridgehead atoms. The minimum Gasteiger partial charge on any atom is -0.413 e. The van der Waals surface area contributed by atoms with Gasteiger partial charge in [0, 0.05) is 32.2 Å². The summed E-state index contributed by atoms with van der Waals surface area (Å²) in [6.45, 7) is 27.7. The molecular weight excluding hydrogens is 767 g/mol. The first-order valence-electron chi connectivity index (χ1n) is 23.6. The molecule has 0 amide bonds. The molecule has 334 valence electrons. The van der Waals surface area contributed by atoms with Crippen LogP contribution in [0.4, 0.5) is 0 Å². The fourth-order valence-electron chi connectivity index (χ4n) is 12.5. The molecule has 10 fully saturated rings. The van der Waals surface area contributed by atoms with Gasteiger partial charge in [0.25, 0.3) is 0 Å². The van der Waals surface area contributed by atoms with E-state index < -0.39 is 25.8 Å². The number of fused-ring (bicyclic) bond motifs is 6. The maximum Gasteiger partial charge on any atom is 0.192 e. The lowest BCUT2D eigenvalue weighted by molar-refractivity contribution is -0.295. The van der Waals surface area contributed by atoms with Crippen LogP contribution in [0.25, 0.3) is 0 Å². The van der Waals surface area contributed by atoms with Crippen LogP contribution in [0.15, 0.2) is 24.3 Å². The van der Waals surface area contributed by atoms with Crippen molar-refractivity contribution in [3.05, 3.63) is 24.3 Å². The lowest BCUT2D eigenvalue weighted by Crippen LogP contribution is -2.61. The third-order valence-electron chi connectivity index (χ3n) is 17.0. The van der Waals surface area contributed by atoms with E-state index in [2.05, 4.69) is 67.8 Å². The Kier molecular flexibility index (Phi) is 11.8. The summed E-state index contributed by atoms with van der Waals surface area (Å²) in [5.41, 5.74) is 8.27. The van der Waals surface area contributed by atoms with Gasteiger partial charge in [0.1, 0.15) is 36.1 Å². The molecule has 0 aromatic rings. The molecule has 0 aromatic heterocycles. The molecule has 11 nitrogen and oxygen atoms in total. The SMILES string of the molecule is C=C1C[C@@H]2CC[C@@]34C[C@]5(C)O[C@H]6[C@@H](O3)[C@H]3O[C@H](CC[C@@H]3O[C@H]6[C@H]5O4)CC(O)CC3[C@@H](C)C(C[C@@H](CN)O[Si](C)(C)C(C)(C)C)O[C@H]3CC3O[C@@H](CCC1O2)C[C@@H](C)C3=C. The fraction of sp³-hybridized carbons (Fsp3) is 0.915. The van der Waals surface area contributed by atoms with Crippen LogP contribution < -0.4 is 5.73 Å². The highest BCUT2D eigenvalue weighted by Gasteiger charge is 2.73. The first-order chi connectivity index (χ1) is 27.8. The highest BCUT2D eigenvalue weighted by atomic mass is 28.4. The second-order valence-corrected chi connectivity index (χ2v) is 27.1. The molecule has 12 heteroatoms. The van der Waals surface area contributed by atoms with Crippen LogP contribution in [-0.4, -0.2) is 123 Å². The molecule has 10 aliphatic heterocycles. The van der Waals surface area contributed by atoms with E-state index in [-0.39, 0.29) is 102 Å². The number of aliphatic hydroxyl groups is 1. The smallest absolute Gasteiger partial charge is 0.192 e. The van der Waals surface area contributed by atoms with Gasteiger partial charge in [0.15, 0.2) is 14.1 Å². The Morgan fingerprint density at radius 1 is 0.814 bits per heavy atom. The molecule has 0 radical (unpaired) electrons. The van der Waals surface area contributed by atoms with Gasteiger partial charge in [-0.3, -0.25) is 0 Å². The van der Waals surface area contributed by atoms with Gasteiger partial charge < -0.3 is 53.2 Å². The number of rotatable bonds is 5. The molecule has 20 atom stereocenters. The van der Waals surface area contributed by atoms with Crippen molar-refractivity contribution >= 4 is 8.32 Å². The van der Waals surface area contributed by atoms with Gasteiger partial charge in [-0.15, -0.1) is 0 Å². The van der Waals surface area contributed by atoms with E-state index >= 15 is 0 Å². The quantitative estimate of drug-likeness (QED) is 0.214. The highest BCUT2D eigenvalue weighted by molar-refractivity contribution is 6.74. The molecule has 0 saturated carbocycles. The molecule has 59 heavy (non-hydrogen) atoms. The first-order valence-corrected chi connectivity index (χ1v) is 26.5. The predicted molar refractivity (Wildman–Crippen MR) is 226 cm³/mol. The van der Waals surface area contributed by atoms with Crippen LogP contribution in [0.5, 0.6) is 0 Å². The van der Waals surface area contributed by atoms with Crippen molar-refractivity contribution in [3.63, 3.8) is 0 Å². The molecule has 1 spiro atoms. The van der Waals surface area contributed by atoms with Crippen molar-refractivity contribution in [2.45, 2.75) is 246 Å². The third kappa shape index (κ3) is 8.17. The van der Waals surface area contributed by atoms with Gasteiger partial charge in [0.05, 0.1) is 61.0 Å². The zero-order valence-electron chi connectivity index (χ0n) is 37.4.